The van der Waals surface area contributed by atoms with E-state index in [0.717, 1.165) is 27.8 Å². The number of ether oxygens (including phenoxy) is 1. The minimum atomic E-state index is -0.0930. The van der Waals surface area contributed by atoms with Crippen LogP contribution in [0.25, 0.3) is 6.08 Å². The Balaban J connectivity index is 1.59. The maximum absolute atomic E-state index is 12.2. The lowest BCUT2D eigenvalue weighted by Gasteiger charge is -2.18. The number of benzene rings is 2. The van der Waals surface area contributed by atoms with E-state index >= 15 is 0 Å². The molecule has 0 aromatic heterocycles. The van der Waals surface area contributed by atoms with Crippen LogP contribution in [0.1, 0.15) is 11.1 Å². The van der Waals surface area contributed by atoms with E-state index in [4.69, 9.17) is 16.3 Å². The Labute approximate surface area is 148 Å². The van der Waals surface area contributed by atoms with Crippen molar-refractivity contribution in [2.45, 2.75) is 6.42 Å². The van der Waals surface area contributed by atoms with Gasteiger partial charge < -0.3 is 10.1 Å². The lowest BCUT2D eigenvalue weighted by Crippen LogP contribution is -2.30. The lowest BCUT2D eigenvalue weighted by atomic mass is 10.1. The van der Waals surface area contributed by atoms with Gasteiger partial charge in [-0.3, -0.25) is 4.79 Å². The standard InChI is InChI=1S/C18H15BrClNO2/c19-15-3-6-17-13(10-15)9-14(11-23-17)18(22)21-8-7-12-1-4-16(20)5-2-12/h1-6,9-10H,7-8,11H2,(H,21,22). The Hall–Kier alpha value is -1.78. The summed E-state index contributed by atoms with van der Waals surface area (Å²) in [5, 5.41) is 3.64. The summed E-state index contributed by atoms with van der Waals surface area (Å²) in [6.07, 6.45) is 2.64. The summed E-state index contributed by atoms with van der Waals surface area (Å²) in [4.78, 5) is 12.2. The molecule has 0 bridgehead atoms. The predicted octanol–water partition coefficient (Wildman–Crippen LogP) is 4.24. The molecule has 0 spiro atoms. The van der Waals surface area contributed by atoms with E-state index in [9.17, 15) is 4.79 Å². The number of fused-ring (bicyclic) bond motifs is 1. The Bertz CT molecular complexity index is 756. The van der Waals surface area contributed by atoms with Crippen molar-refractivity contribution in [3.8, 4) is 5.75 Å². The molecule has 1 aliphatic rings. The number of rotatable bonds is 4. The number of halogens is 2. The Morgan fingerprint density at radius 2 is 2.00 bits per heavy atom. The van der Waals surface area contributed by atoms with Gasteiger partial charge in [-0.05, 0) is 48.4 Å². The van der Waals surface area contributed by atoms with Crippen molar-refractivity contribution in [2.75, 3.05) is 13.2 Å². The predicted molar refractivity (Wildman–Crippen MR) is 95.8 cm³/mol. The lowest BCUT2D eigenvalue weighted by molar-refractivity contribution is -0.117. The maximum Gasteiger partial charge on any atom is 0.250 e. The molecule has 1 heterocycles. The zero-order chi connectivity index (χ0) is 16.2. The zero-order valence-corrected chi connectivity index (χ0v) is 14.7. The number of carbonyl (C=O) groups is 1. The van der Waals surface area contributed by atoms with Crippen LogP contribution >= 0.6 is 27.5 Å². The molecule has 0 saturated carbocycles. The summed E-state index contributed by atoms with van der Waals surface area (Å²) >= 11 is 9.28. The van der Waals surface area contributed by atoms with Gasteiger partial charge in [0.1, 0.15) is 12.4 Å². The molecule has 2 aromatic rings. The summed E-state index contributed by atoms with van der Waals surface area (Å²) in [7, 11) is 0. The van der Waals surface area contributed by atoms with E-state index in [2.05, 4.69) is 21.2 Å². The topological polar surface area (TPSA) is 38.3 Å². The van der Waals surface area contributed by atoms with Crippen LogP contribution in [0.5, 0.6) is 5.75 Å². The third-order valence-corrected chi connectivity index (χ3v) is 4.33. The van der Waals surface area contributed by atoms with Crippen LogP contribution in [0, 0.1) is 0 Å². The van der Waals surface area contributed by atoms with Crippen LogP contribution in [-0.2, 0) is 11.2 Å². The van der Waals surface area contributed by atoms with Crippen LogP contribution in [0.15, 0.2) is 52.5 Å². The van der Waals surface area contributed by atoms with Gasteiger partial charge in [0, 0.05) is 21.6 Å². The molecule has 0 atom stereocenters. The minimum absolute atomic E-state index is 0.0930. The van der Waals surface area contributed by atoms with Crippen LogP contribution < -0.4 is 10.1 Å². The molecule has 0 fully saturated rings. The maximum atomic E-state index is 12.2. The summed E-state index contributed by atoms with van der Waals surface area (Å²) in [5.74, 6) is 0.704. The second-order valence-corrected chi connectivity index (χ2v) is 6.62. The molecule has 2 aromatic carbocycles. The van der Waals surface area contributed by atoms with E-state index < -0.39 is 0 Å². The molecule has 118 valence electrons. The second kappa shape index (κ2) is 7.20. The van der Waals surface area contributed by atoms with Gasteiger partial charge in [-0.15, -0.1) is 0 Å². The Morgan fingerprint density at radius 3 is 2.78 bits per heavy atom. The van der Waals surface area contributed by atoms with E-state index in [0.29, 0.717) is 23.7 Å². The highest BCUT2D eigenvalue weighted by Crippen LogP contribution is 2.29. The summed E-state index contributed by atoms with van der Waals surface area (Å²) in [5.41, 5.74) is 2.68. The van der Waals surface area contributed by atoms with Gasteiger partial charge in [0.15, 0.2) is 0 Å². The summed E-state index contributed by atoms with van der Waals surface area (Å²) in [6, 6.07) is 13.4. The highest BCUT2D eigenvalue weighted by molar-refractivity contribution is 9.10. The molecule has 0 saturated heterocycles. The Morgan fingerprint density at radius 1 is 1.22 bits per heavy atom. The molecular formula is C18H15BrClNO2. The van der Waals surface area contributed by atoms with Crippen LogP contribution in [0.4, 0.5) is 0 Å². The molecule has 1 N–H and O–H groups in total. The van der Waals surface area contributed by atoms with E-state index in [1.54, 1.807) is 0 Å². The van der Waals surface area contributed by atoms with Crippen molar-refractivity contribution in [3.63, 3.8) is 0 Å². The SMILES string of the molecule is O=C(NCCc1ccc(Cl)cc1)C1=Cc2cc(Br)ccc2OC1. The molecule has 0 unspecified atom stereocenters. The van der Waals surface area contributed by atoms with E-state index in [-0.39, 0.29) is 5.91 Å². The molecule has 3 rings (SSSR count). The monoisotopic (exact) mass is 391 g/mol. The third-order valence-electron chi connectivity index (χ3n) is 3.59. The first-order valence-corrected chi connectivity index (χ1v) is 8.44. The van der Waals surface area contributed by atoms with Gasteiger partial charge >= 0.3 is 0 Å². The molecule has 0 aliphatic carbocycles. The van der Waals surface area contributed by atoms with Crippen molar-refractivity contribution >= 4 is 39.5 Å². The number of carbonyl (C=O) groups excluding carboxylic acids is 1. The van der Waals surface area contributed by atoms with E-state index in [1.807, 2.05) is 48.5 Å². The average molecular weight is 393 g/mol. The molecule has 23 heavy (non-hydrogen) atoms. The first-order chi connectivity index (χ1) is 11.1. The fraction of sp³-hybridized carbons (Fsp3) is 0.167. The van der Waals surface area contributed by atoms with Gasteiger partial charge in [0.2, 0.25) is 0 Å². The smallest absolute Gasteiger partial charge is 0.250 e. The normalized spacial score (nSPS) is 12.9. The molecule has 3 nitrogen and oxygen atoms in total. The van der Waals surface area contributed by atoms with Gasteiger partial charge in [-0.25, -0.2) is 0 Å². The Kier molecular flexibility index (Phi) is 5.03. The second-order valence-electron chi connectivity index (χ2n) is 5.27. The molecule has 1 aliphatic heterocycles. The molecule has 1 amide bonds. The summed E-state index contributed by atoms with van der Waals surface area (Å²) in [6.45, 7) is 0.866. The van der Waals surface area contributed by atoms with Gasteiger partial charge in [0.25, 0.3) is 5.91 Å². The number of hydrogen-bond donors (Lipinski definition) is 1. The van der Waals surface area contributed by atoms with Crippen molar-refractivity contribution < 1.29 is 9.53 Å². The van der Waals surface area contributed by atoms with Crippen molar-refractivity contribution in [2.24, 2.45) is 0 Å². The van der Waals surface area contributed by atoms with Crippen LogP contribution in [0.2, 0.25) is 5.02 Å². The number of hydrogen-bond acceptors (Lipinski definition) is 2. The van der Waals surface area contributed by atoms with Crippen LogP contribution in [-0.4, -0.2) is 19.1 Å². The summed E-state index contributed by atoms with van der Waals surface area (Å²) < 4.78 is 6.58. The average Bonchev–Trinajstić information content (AvgIpc) is 2.56. The number of nitrogens with one attached hydrogen (secondary N) is 1. The van der Waals surface area contributed by atoms with Gasteiger partial charge in [-0.1, -0.05) is 39.7 Å². The fourth-order valence-electron chi connectivity index (χ4n) is 2.36. The fourth-order valence-corrected chi connectivity index (χ4v) is 2.87. The minimum Gasteiger partial charge on any atom is -0.488 e. The van der Waals surface area contributed by atoms with Gasteiger partial charge in [-0.2, -0.15) is 0 Å². The van der Waals surface area contributed by atoms with Crippen molar-refractivity contribution in [1.82, 2.24) is 5.32 Å². The molecular weight excluding hydrogens is 378 g/mol. The first-order valence-electron chi connectivity index (χ1n) is 7.27. The third kappa shape index (κ3) is 4.15. The highest BCUT2D eigenvalue weighted by Gasteiger charge is 2.17. The van der Waals surface area contributed by atoms with Crippen molar-refractivity contribution in [3.05, 3.63) is 68.7 Å². The van der Waals surface area contributed by atoms with Crippen molar-refractivity contribution in [1.29, 1.82) is 0 Å². The molecule has 5 heteroatoms. The number of amides is 1. The quantitative estimate of drug-likeness (QED) is 0.845. The largest absolute Gasteiger partial charge is 0.488 e. The van der Waals surface area contributed by atoms with Crippen LogP contribution in [0.3, 0.4) is 0 Å². The van der Waals surface area contributed by atoms with Gasteiger partial charge in [0.05, 0.1) is 5.57 Å². The highest BCUT2D eigenvalue weighted by atomic mass is 79.9. The molecule has 0 radical (unpaired) electrons. The first kappa shape index (κ1) is 16.1. The van der Waals surface area contributed by atoms with E-state index in [1.165, 1.54) is 0 Å². The zero-order valence-electron chi connectivity index (χ0n) is 12.3.